The second kappa shape index (κ2) is 5.79. The Bertz CT molecular complexity index is 445. The molecule has 2 amide bonds. The van der Waals surface area contributed by atoms with Crippen molar-refractivity contribution in [3.8, 4) is 0 Å². The van der Waals surface area contributed by atoms with Crippen LogP contribution in [0.1, 0.15) is 25.7 Å². The normalized spacial score (nSPS) is 33.0. The lowest BCUT2D eigenvalue weighted by atomic mass is 9.78. The van der Waals surface area contributed by atoms with E-state index in [2.05, 4.69) is 6.58 Å². The van der Waals surface area contributed by atoms with Crippen molar-refractivity contribution in [1.82, 2.24) is 9.80 Å². The van der Waals surface area contributed by atoms with E-state index < -0.39 is 0 Å². The molecule has 0 bridgehead atoms. The fourth-order valence-electron chi connectivity index (χ4n) is 3.91. The summed E-state index contributed by atoms with van der Waals surface area (Å²) in [7, 11) is 0. The van der Waals surface area contributed by atoms with Crippen LogP contribution in [0, 0.1) is 11.3 Å². The van der Waals surface area contributed by atoms with Gasteiger partial charge in [-0.25, -0.2) is 0 Å². The van der Waals surface area contributed by atoms with E-state index in [0.717, 1.165) is 38.8 Å². The van der Waals surface area contributed by atoms with Gasteiger partial charge in [-0.05, 0) is 25.7 Å². The van der Waals surface area contributed by atoms with Gasteiger partial charge < -0.3 is 14.5 Å². The number of ether oxygens (including phenoxy) is 1. The van der Waals surface area contributed by atoms with Gasteiger partial charge in [-0.3, -0.25) is 9.59 Å². The first-order chi connectivity index (χ1) is 10.2. The molecule has 0 aromatic rings. The molecule has 3 rings (SSSR count). The standard InChI is InChI=1S/C16H24N2O3/c1-2-7-17-9-6-16(15(17)20)5-3-8-18(12-16)14(19)13-4-10-21-11-13/h2,13H,1,3-12H2/t13-,16+/m0/s1. The third-order valence-corrected chi connectivity index (χ3v) is 5.12. The molecule has 1 spiro atoms. The van der Waals surface area contributed by atoms with E-state index in [4.69, 9.17) is 4.74 Å². The Hall–Kier alpha value is -1.36. The second-order valence-corrected chi connectivity index (χ2v) is 6.49. The number of likely N-dealkylation sites (tertiary alicyclic amines) is 2. The summed E-state index contributed by atoms with van der Waals surface area (Å²) in [5, 5.41) is 0. The highest BCUT2D eigenvalue weighted by molar-refractivity contribution is 5.87. The Morgan fingerprint density at radius 3 is 3.00 bits per heavy atom. The minimum Gasteiger partial charge on any atom is -0.381 e. The first kappa shape index (κ1) is 14.6. The summed E-state index contributed by atoms with van der Waals surface area (Å²) >= 11 is 0. The van der Waals surface area contributed by atoms with Crippen LogP contribution in [0.2, 0.25) is 0 Å². The summed E-state index contributed by atoms with van der Waals surface area (Å²) in [5.74, 6) is 0.394. The van der Waals surface area contributed by atoms with Crippen LogP contribution in [0.5, 0.6) is 0 Å². The van der Waals surface area contributed by atoms with Gasteiger partial charge in [-0.15, -0.1) is 6.58 Å². The number of piperidine rings is 1. The van der Waals surface area contributed by atoms with Crippen LogP contribution in [-0.2, 0) is 14.3 Å². The molecule has 3 aliphatic rings. The smallest absolute Gasteiger partial charge is 0.230 e. The van der Waals surface area contributed by atoms with Crippen LogP contribution in [0.15, 0.2) is 12.7 Å². The summed E-state index contributed by atoms with van der Waals surface area (Å²) in [4.78, 5) is 29.0. The molecule has 0 aliphatic carbocycles. The quantitative estimate of drug-likeness (QED) is 0.731. The van der Waals surface area contributed by atoms with E-state index in [1.807, 2.05) is 9.80 Å². The lowest BCUT2D eigenvalue weighted by Crippen LogP contribution is -2.51. The van der Waals surface area contributed by atoms with Gasteiger partial charge >= 0.3 is 0 Å². The van der Waals surface area contributed by atoms with E-state index in [0.29, 0.717) is 26.3 Å². The molecule has 0 N–H and O–H groups in total. The number of carbonyl (C=O) groups excluding carboxylic acids is 2. The molecular formula is C16H24N2O3. The Morgan fingerprint density at radius 2 is 2.29 bits per heavy atom. The third kappa shape index (κ3) is 2.59. The number of carbonyl (C=O) groups is 2. The van der Waals surface area contributed by atoms with Gasteiger partial charge in [0.2, 0.25) is 11.8 Å². The highest BCUT2D eigenvalue weighted by Crippen LogP contribution is 2.40. The molecule has 3 fully saturated rings. The van der Waals surface area contributed by atoms with Gasteiger partial charge in [0.25, 0.3) is 0 Å². The Balaban J connectivity index is 1.69. The van der Waals surface area contributed by atoms with Gasteiger partial charge in [0, 0.05) is 32.8 Å². The molecule has 2 atom stereocenters. The number of hydrogen-bond donors (Lipinski definition) is 0. The molecule has 3 aliphatic heterocycles. The molecule has 5 nitrogen and oxygen atoms in total. The maximum Gasteiger partial charge on any atom is 0.230 e. The van der Waals surface area contributed by atoms with Gasteiger partial charge in [0.05, 0.1) is 17.9 Å². The fourth-order valence-corrected chi connectivity index (χ4v) is 3.91. The van der Waals surface area contributed by atoms with Gasteiger partial charge in [0.1, 0.15) is 0 Å². The van der Waals surface area contributed by atoms with Gasteiger partial charge in [0.15, 0.2) is 0 Å². The number of hydrogen-bond acceptors (Lipinski definition) is 3. The van der Waals surface area contributed by atoms with Crippen LogP contribution >= 0.6 is 0 Å². The third-order valence-electron chi connectivity index (χ3n) is 5.12. The van der Waals surface area contributed by atoms with E-state index >= 15 is 0 Å². The van der Waals surface area contributed by atoms with E-state index in [9.17, 15) is 9.59 Å². The van der Waals surface area contributed by atoms with Crippen LogP contribution < -0.4 is 0 Å². The van der Waals surface area contributed by atoms with Crippen LogP contribution in [-0.4, -0.2) is 61.0 Å². The maximum atomic E-state index is 12.7. The SMILES string of the molecule is C=CCN1CC[C@@]2(CCCN(C(=O)[C@H]3CCOC3)C2)C1=O. The van der Waals surface area contributed by atoms with E-state index in [1.54, 1.807) is 6.08 Å². The maximum absolute atomic E-state index is 12.7. The van der Waals surface area contributed by atoms with Gasteiger partial charge in [-0.2, -0.15) is 0 Å². The molecule has 116 valence electrons. The van der Waals surface area contributed by atoms with Crippen molar-refractivity contribution in [3.05, 3.63) is 12.7 Å². The lowest BCUT2D eigenvalue weighted by molar-refractivity contribution is -0.145. The Kier molecular flexibility index (Phi) is 4.02. The highest BCUT2D eigenvalue weighted by Gasteiger charge is 2.49. The van der Waals surface area contributed by atoms with Crippen molar-refractivity contribution in [1.29, 1.82) is 0 Å². The molecule has 0 unspecified atom stereocenters. The van der Waals surface area contributed by atoms with E-state index in [1.165, 1.54) is 0 Å². The molecule has 5 heteroatoms. The Morgan fingerprint density at radius 1 is 1.43 bits per heavy atom. The average molecular weight is 292 g/mol. The first-order valence-corrected chi connectivity index (χ1v) is 7.93. The summed E-state index contributed by atoms with van der Waals surface area (Å²) in [6.45, 7) is 7.72. The molecule has 0 aromatic heterocycles. The monoisotopic (exact) mass is 292 g/mol. The summed E-state index contributed by atoms with van der Waals surface area (Å²) in [5.41, 5.74) is -0.337. The molecule has 0 aromatic carbocycles. The highest BCUT2D eigenvalue weighted by atomic mass is 16.5. The van der Waals surface area contributed by atoms with Crippen molar-refractivity contribution in [2.75, 3.05) is 39.4 Å². The van der Waals surface area contributed by atoms with Crippen molar-refractivity contribution >= 4 is 11.8 Å². The fraction of sp³-hybridized carbons (Fsp3) is 0.750. The predicted octanol–water partition coefficient (Wildman–Crippen LogP) is 1.05. The zero-order valence-corrected chi connectivity index (χ0v) is 12.6. The van der Waals surface area contributed by atoms with Crippen LogP contribution in [0.25, 0.3) is 0 Å². The topological polar surface area (TPSA) is 49.9 Å². The Labute approximate surface area is 125 Å². The molecular weight excluding hydrogens is 268 g/mol. The second-order valence-electron chi connectivity index (χ2n) is 6.49. The van der Waals surface area contributed by atoms with Crippen molar-refractivity contribution in [2.24, 2.45) is 11.3 Å². The summed E-state index contributed by atoms with van der Waals surface area (Å²) in [6.07, 6.45) is 5.29. The molecule has 0 radical (unpaired) electrons. The molecule has 3 saturated heterocycles. The van der Waals surface area contributed by atoms with E-state index in [-0.39, 0.29) is 23.1 Å². The average Bonchev–Trinajstić information content (AvgIpc) is 3.12. The zero-order chi connectivity index (χ0) is 14.9. The summed E-state index contributed by atoms with van der Waals surface area (Å²) < 4.78 is 5.32. The lowest BCUT2D eigenvalue weighted by Gasteiger charge is -2.39. The predicted molar refractivity (Wildman–Crippen MR) is 78.6 cm³/mol. The molecule has 21 heavy (non-hydrogen) atoms. The first-order valence-electron chi connectivity index (χ1n) is 7.93. The van der Waals surface area contributed by atoms with Crippen LogP contribution in [0.4, 0.5) is 0 Å². The minimum atomic E-state index is -0.337. The van der Waals surface area contributed by atoms with Crippen molar-refractivity contribution in [2.45, 2.75) is 25.7 Å². The number of rotatable bonds is 3. The molecule has 3 heterocycles. The van der Waals surface area contributed by atoms with Crippen molar-refractivity contribution < 1.29 is 14.3 Å². The molecule has 0 saturated carbocycles. The van der Waals surface area contributed by atoms with Gasteiger partial charge in [-0.1, -0.05) is 6.08 Å². The number of nitrogens with zero attached hydrogens (tertiary/aromatic N) is 2. The minimum absolute atomic E-state index is 0.000864. The number of amides is 2. The summed E-state index contributed by atoms with van der Waals surface area (Å²) in [6, 6.07) is 0. The van der Waals surface area contributed by atoms with Crippen LogP contribution in [0.3, 0.4) is 0 Å². The zero-order valence-electron chi connectivity index (χ0n) is 12.6. The largest absolute Gasteiger partial charge is 0.381 e. The van der Waals surface area contributed by atoms with Crippen molar-refractivity contribution in [3.63, 3.8) is 0 Å².